The quantitative estimate of drug-likeness (QED) is 0.780. The van der Waals surface area contributed by atoms with Gasteiger partial charge in [-0.3, -0.25) is 0 Å². The SMILES string of the molecule is COc1cccc(N2CCC(NCCOc3ccccc3F)CC2)c1. The average molecular weight is 344 g/mol. The molecular formula is C20H25FN2O2. The monoisotopic (exact) mass is 344 g/mol. The van der Waals surface area contributed by atoms with Crippen molar-refractivity contribution in [3.05, 3.63) is 54.3 Å². The highest BCUT2D eigenvalue weighted by molar-refractivity contribution is 5.51. The van der Waals surface area contributed by atoms with E-state index in [4.69, 9.17) is 9.47 Å². The minimum absolute atomic E-state index is 0.311. The van der Waals surface area contributed by atoms with Gasteiger partial charge in [0.15, 0.2) is 11.6 Å². The van der Waals surface area contributed by atoms with Crippen molar-refractivity contribution in [2.75, 3.05) is 38.3 Å². The van der Waals surface area contributed by atoms with Crippen LogP contribution < -0.4 is 19.7 Å². The van der Waals surface area contributed by atoms with Gasteiger partial charge in [-0.1, -0.05) is 18.2 Å². The van der Waals surface area contributed by atoms with E-state index in [1.807, 2.05) is 12.1 Å². The van der Waals surface area contributed by atoms with Crippen LogP contribution in [0.4, 0.5) is 10.1 Å². The molecule has 1 aliphatic heterocycles. The highest BCUT2D eigenvalue weighted by Gasteiger charge is 2.19. The summed E-state index contributed by atoms with van der Waals surface area (Å²) >= 11 is 0. The second kappa shape index (κ2) is 8.72. The first-order chi connectivity index (χ1) is 12.3. The van der Waals surface area contributed by atoms with Crippen LogP contribution in [0.3, 0.4) is 0 Å². The third-order valence-electron chi connectivity index (χ3n) is 4.54. The van der Waals surface area contributed by atoms with Gasteiger partial charge in [-0.15, -0.1) is 0 Å². The lowest BCUT2D eigenvalue weighted by Gasteiger charge is -2.34. The van der Waals surface area contributed by atoms with Gasteiger partial charge in [0.2, 0.25) is 0 Å². The molecule has 0 unspecified atom stereocenters. The fourth-order valence-corrected chi connectivity index (χ4v) is 3.13. The Morgan fingerprint density at radius 3 is 2.68 bits per heavy atom. The van der Waals surface area contributed by atoms with Crippen molar-refractivity contribution >= 4 is 5.69 Å². The van der Waals surface area contributed by atoms with Crippen molar-refractivity contribution in [1.82, 2.24) is 5.32 Å². The summed E-state index contributed by atoms with van der Waals surface area (Å²) < 4.78 is 24.2. The number of nitrogens with one attached hydrogen (secondary N) is 1. The highest BCUT2D eigenvalue weighted by atomic mass is 19.1. The Balaban J connectivity index is 1.38. The summed E-state index contributed by atoms with van der Waals surface area (Å²) in [6.07, 6.45) is 2.16. The van der Waals surface area contributed by atoms with Gasteiger partial charge in [-0.25, -0.2) is 4.39 Å². The Kier molecular flexibility index (Phi) is 6.12. The number of para-hydroxylation sites is 1. The van der Waals surface area contributed by atoms with E-state index in [1.165, 1.54) is 11.8 Å². The molecule has 0 bridgehead atoms. The molecule has 0 radical (unpaired) electrons. The zero-order chi connectivity index (χ0) is 17.5. The molecular weight excluding hydrogens is 319 g/mol. The predicted molar refractivity (Wildman–Crippen MR) is 98.1 cm³/mol. The lowest BCUT2D eigenvalue weighted by Crippen LogP contribution is -2.43. The molecule has 2 aromatic rings. The maximum absolute atomic E-state index is 13.5. The first kappa shape index (κ1) is 17.5. The number of hydrogen-bond acceptors (Lipinski definition) is 4. The van der Waals surface area contributed by atoms with Crippen LogP contribution in [-0.4, -0.2) is 39.4 Å². The normalized spacial score (nSPS) is 15.2. The molecule has 1 heterocycles. The molecule has 1 fully saturated rings. The maximum Gasteiger partial charge on any atom is 0.165 e. The second-order valence-electron chi connectivity index (χ2n) is 6.20. The van der Waals surface area contributed by atoms with Crippen molar-refractivity contribution in [3.8, 4) is 11.5 Å². The number of ether oxygens (including phenoxy) is 2. The summed E-state index contributed by atoms with van der Waals surface area (Å²) in [6, 6.07) is 15.2. The molecule has 0 aromatic heterocycles. The Morgan fingerprint density at radius 1 is 1.12 bits per heavy atom. The summed E-state index contributed by atoms with van der Waals surface area (Å²) in [4.78, 5) is 2.39. The average Bonchev–Trinajstić information content (AvgIpc) is 2.67. The van der Waals surface area contributed by atoms with Gasteiger partial charge in [-0.05, 0) is 37.1 Å². The summed E-state index contributed by atoms with van der Waals surface area (Å²) in [6.45, 7) is 3.22. The van der Waals surface area contributed by atoms with Crippen LogP contribution in [0.1, 0.15) is 12.8 Å². The van der Waals surface area contributed by atoms with E-state index in [0.717, 1.165) is 38.2 Å². The molecule has 1 saturated heterocycles. The van der Waals surface area contributed by atoms with Gasteiger partial charge in [-0.2, -0.15) is 0 Å². The van der Waals surface area contributed by atoms with Crippen molar-refractivity contribution in [2.24, 2.45) is 0 Å². The molecule has 134 valence electrons. The van der Waals surface area contributed by atoms with E-state index < -0.39 is 0 Å². The Hall–Kier alpha value is -2.27. The number of hydrogen-bond donors (Lipinski definition) is 1. The zero-order valence-corrected chi connectivity index (χ0v) is 14.6. The predicted octanol–water partition coefficient (Wildman–Crippen LogP) is 3.47. The van der Waals surface area contributed by atoms with E-state index in [-0.39, 0.29) is 5.82 Å². The molecule has 4 nitrogen and oxygen atoms in total. The van der Waals surface area contributed by atoms with E-state index >= 15 is 0 Å². The van der Waals surface area contributed by atoms with Crippen LogP contribution >= 0.6 is 0 Å². The maximum atomic E-state index is 13.5. The number of anilines is 1. The number of benzene rings is 2. The van der Waals surface area contributed by atoms with Crippen LogP contribution in [0.2, 0.25) is 0 Å². The van der Waals surface area contributed by atoms with Gasteiger partial charge in [0.25, 0.3) is 0 Å². The van der Waals surface area contributed by atoms with Crippen LogP contribution in [0, 0.1) is 5.82 Å². The Bertz CT molecular complexity index is 672. The van der Waals surface area contributed by atoms with Crippen molar-refractivity contribution in [1.29, 1.82) is 0 Å². The number of halogens is 1. The van der Waals surface area contributed by atoms with E-state index in [9.17, 15) is 4.39 Å². The third-order valence-corrected chi connectivity index (χ3v) is 4.54. The van der Waals surface area contributed by atoms with Gasteiger partial charge >= 0.3 is 0 Å². The van der Waals surface area contributed by atoms with Gasteiger partial charge < -0.3 is 19.7 Å². The van der Waals surface area contributed by atoms with Crippen LogP contribution in [0.15, 0.2) is 48.5 Å². The Morgan fingerprint density at radius 2 is 1.92 bits per heavy atom. The lowest BCUT2D eigenvalue weighted by atomic mass is 10.0. The number of methoxy groups -OCH3 is 1. The molecule has 0 atom stereocenters. The molecule has 3 rings (SSSR count). The summed E-state index contributed by atoms with van der Waals surface area (Å²) in [5.74, 6) is 0.897. The number of rotatable bonds is 7. The van der Waals surface area contributed by atoms with Crippen LogP contribution in [0.5, 0.6) is 11.5 Å². The molecule has 25 heavy (non-hydrogen) atoms. The number of nitrogens with zero attached hydrogens (tertiary/aromatic N) is 1. The molecule has 5 heteroatoms. The van der Waals surface area contributed by atoms with Gasteiger partial charge in [0.1, 0.15) is 12.4 Å². The van der Waals surface area contributed by atoms with Crippen molar-refractivity contribution in [2.45, 2.75) is 18.9 Å². The van der Waals surface area contributed by atoms with Crippen molar-refractivity contribution < 1.29 is 13.9 Å². The number of piperidine rings is 1. The fourth-order valence-electron chi connectivity index (χ4n) is 3.13. The topological polar surface area (TPSA) is 33.7 Å². The summed E-state index contributed by atoms with van der Waals surface area (Å²) in [5.41, 5.74) is 1.21. The molecule has 1 aliphatic rings. The third kappa shape index (κ3) is 4.86. The highest BCUT2D eigenvalue weighted by Crippen LogP contribution is 2.24. The smallest absolute Gasteiger partial charge is 0.165 e. The van der Waals surface area contributed by atoms with E-state index in [1.54, 1.807) is 25.3 Å². The molecule has 0 saturated carbocycles. The molecule has 2 aromatic carbocycles. The van der Waals surface area contributed by atoms with Gasteiger partial charge in [0, 0.05) is 37.4 Å². The first-order valence-corrected chi connectivity index (χ1v) is 8.76. The minimum Gasteiger partial charge on any atom is -0.497 e. The van der Waals surface area contributed by atoms with Gasteiger partial charge in [0.05, 0.1) is 7.11 Å². The zero-order valence-electron chi connectivity index (χ0n) is 14.6. The minimum atomic E-state index is -0.311. The standard InChI is InChI=1S/C20H25FN2O2/c1-24-18-6-4-5-17(15-18)23-12-9-16(10-13-23)22-11-14-25-20-8-3-2-7-19(20)21/h2-8,15-16,22H,9-14H2,1H3. The molecule has 1 N–H and O–H groups in total. The molecule has 0 amide bonds. The van der Waals surface area contributed by atoms with E-state index in [0.29, 0.717) is 18.4 Å². The molecule has 0 spiro atoms. The second-order valence-corrected chi connectivity index (χ2v) is 6.20. The Labute approximate surface area is 148 Å². The lowest BCUT2D eigenvalue weighted by molar-refractivity contribution is 0.284. The fraction of sp³-hybridized carbons (Fsp3) is 0.400. The largest absolute Gasteiger partial charge is 0.497 e. The van der Waals surface area contributed by atoms with E-state index in [2.05, 4.69) is 22.3 Å². The summed E-state index contributed by atoms with van der Waals surface area (Å²) in [5, 5.41) is 3.51. The molecule has 0 aliphatic carbocycles. The first-order valence-electron chi connectivity index (χ1n) is 8.76. The van der Waals surface area contributed by atoms with Crippen LogP contribution in [0.25, 0.3) is 0 Å². The van der Waals surface area contributed by atoms with Crippen LogP contribution in [-0.2, 0) is 0 Å². The van der Waals surface area contributed by atoms with Crippen molar-refractivity contribution in [3.63, 3.8) is 0 Å². The summed E-state index contributed by atoms with van der Waals surface area (Å²) in [7, 11) is 1.69.